The number of carbonyl (C=O) groups excluding carboxylic acids is 2. The van der Waals surface area contributed by atoms with Gasteiger partial charge in [0, 0.05) is 17.0 Å². The molecule has 5 nitrogen and oxygen atoms in total. The molecule has 2 aromatic carbocycles. The number of rotatable bonds is 4. The molecule has 0 saturated heterocycles. The van der Waals surface area contributed by atoms with Crippen molar-refractivity contribution >= 4 is 34.2 Å². The second-order valence-electron chi connectivity index (χ2n) is 5.91. The van der Waals surface area contributed by atoms with E-state index < -0.39 is 11.7 Å². The number of nitrogens with one attached hydrogen (secondary N) is 2. The Hall–Kier alpha value is -3.15. The first-order valence-corrected chi connectivity index (χ1v) is 7.85. The van der Waals surface area contributed by atoms with Crippen LogP contribution in [0.5, 0.6) is 0 Å². The van der Waals surface area contributed by atoms with Gasteiger partial charge in [0.2, 0.25) is 11.7 Å². The van der Waals surface area contributed by atoms with Crippen LogP contribution in [-0.4, -0.2) is 11.8 Å². The van der Waals surface area contributed by atoms with E-state index in [9.17, 15) is 14.0 Å². The Morgan fingerprint density at radius 1 is 1.04 bits per heavy atom. The minimum absolute atomic E-state index is 0.0283. The lowest BCUT2D eigenvalue weighted by molar-refractivity contribution is -0.118. The van der Waals surface area contributed by atoms with Crippen molar-refractivity contribution in [3.8, 4) is 0 Å². The molecule has 0 radical (unpaired) electrons. The van der Waals surface area contributed by atoms with Crippen LogP contribution in [0, 0.1) is 11.7 Å². The van der Waals surface area contributed by atoms with Crippen LogP contribution >= 0.6 is 0 Å². The third kappa shape index (κ3) is 3.52. The van der Waals surface area contributed by atoms with E-state index >= 15 is 0 Å². The van der Waals surface area contributed by atoms with Gasteiger partial charge in [-0.1, -0.05) is 32.0 Å². The molecular weight excluding hydrogens is 323 g/mol. The smallest absolute Gasteiger partial charge is 0.293 e. The van der Waals surface area contributed by atoms with Crippen molar-refractivity contribution in [2.45, 2.75) is 13.8 Å². The Balaban J connectivity index is 1.99. The Kier molecular flexibility index (Phi) is 4.52. The first-order chi connectivity index (χ1) is 12.0. The summed E-state index contributed by atoms with van der Waals surface area (Å²) >= 11 is 0. The lowest BCUT2D eigenvalue weighted by atomic mass is 10.1. The fourth-order valence-corrected chi connectivity index (χ4v) is 2.35. The summed E-state index contributed by atoms with van der Waals surface area (Å²) in [5.74, 6) is -1.55. The number of fused-ring (bicyclic) bond motifs is 1. The number of anilines is 2. The quantitative estimate of drug-likeness (QED) is 0.738. The zero-order valence-electron chi connectivity index (χ0n) is 13.8. The van der Waals surface area contributed by atoms with Crippen molar-refractivity contribution in [3.05, 3.63) is 60.1 Å². The van der Waals surface area contributed by atoms with E-state index in [1.807, 2.05) is 0 Å². The maximum absolute atomic E-state index is 13.3. The average Bonchev–Trinajstić information content (AvgIpc) is 2.93. The molecule has 0 atom stereocenters. The SMILES string of the molecule is CC(C)C(=O)Nc1c(C(=O)Nc2cccc(F)c2)oc2ccccc12. The molecule has 0 saturated carbocycles. The van der Waals surface area contributed by atoms with Gasteiger partial charge in [-0.05, 0) is 30.3 Å². The summed E-state index contributed by atoms with van der Waals surface area (Å²) in [7, 11) is 0. The van der Waals surface area contributed by atoms with Gasteiger partial charge in [0.15, 0.2) is 0 Å². The highest BCUT2D eigenvalue weighted by molar-refractivity contribution is 6.14. The van der Waals surface area contributed by atoms with E-state index in [-0.39, 0.29) is 17.6 Å². The zero-order valence-corrected chi connectivity index (χ0v) is 13.8. The second-order valence-corrected chi connectivity index (χ2v) is 5.91. The van der Waals surface area contributed by atoms with Gasteiger partial charge in [0.1, 0.15) is 17.1 Å². The van der Waals surface area contributed by atoms with Crippen molar-refractivity contribution in [3.63, 3.8) is 0 Å². The summed E-state index contributed by atoms with van der Waals surface area (Å²) in [6, 6.07) is 12.6. The minimum atomic E-state index is -0.569. The fourth-order valence-electron chi connectivity index (χ4n) is 2.35. The molecule has 0 spiro atoms. The molecule has 2 amide bonds. The van der Waals surface area contributed by atoms with Crippen LogP contribution in [0.3, 0.4) is 0 Å². The molecule has 128 valence electrons. The van der Waals surface area contributed by atoms with Gasteiger partial charge in [0.25, 0.3) is 5.91 Å². The number of hydrogen-bond donors (Lipinski definition) is 2. The van der Waals surface area contributed by atoms with Crippen LogP contribution in [0.2, 0.25) is 0 Å². The third-order valence-corrected chi connectivity index (χ3v) is 3.66. The second kappa shape index (κ2) is 6.76. The molecule has 1 heterocycles. The summed E-state index contributed by atoms with van der Waals surface area (Å²) in [4.78, 5) is 24.7. The number of para-hydroxylation sites is 1. The van der Waals surface area contributed by atoms with Crippen LogP contribution in [0.15, 0.2) is 52.9 Å². The monoisotopic (exact) mass is 340 g/mol. The van der Waals surface area contributed by atoms with E-state index in [1.165, 1.54) is 18.2 Å². The molecule has 0 bridgehead atoms. The molecule has 0 aliphatic rings. The van der Waals surface area contributed by atoms with Crippen molar-refractivity contribution in [1.82, 2.24) is 0 Å². The molecule has 0 unspecified atom stereocenters. The predicted octanol–water partition coefficient (Wildman–Crippen LogP) is 4.42. The molecule has 0 aliphatic carbocycles. The van der Waals surface area contributed by atoms with Gasteiger partial charge in [0.05, 0.1) is 0 Å². The summed E-state index contributed by atoms with van der Waals surface area (Å²) < 4.78 is 18.9. The predicted molar refractivity (Wildman–Crippen MR) is 94.0 cm³/mol. The standard InChI is InChI=1S/C19H17FN2O3/c1-11(2)18(23)22-16-14-8-3-4-9-15(14)25-17(16)19(24)21-13-7-5-6-12(20)10-13/h3-11H,1-2H3,(H,21,24)(H,22,23). The van der Waals surface area contributed by atoms with Gasteiger partial charge in [-0.15, -0.1) is 0 Å². The molecule has 25 heavy (non-hydrogen) atoms. The maximum atomic E-state index is 13.3. The van der Waals surface area contributed by atoms with E-state index in [0.29, 0.717) is 22.3 Å². The van der Waals surface area contributed by atoms with Gasteiger partial charge in [-0.3, -0.25) is 9.59 Å². The van der Waals surface area contributed by atoms with Gasteiger partial charge >= 0.3 is 0 Å². The lowest BCUT2D eigenvalue weighted by Crippen LogP contribution is -2.20. The molecule has 1 aromatic heterocycles. The van der Waals surface area contributed by atoms with Crippen molar-refractivity contribution in [1.29, 1.82) is 0 Å². The van der Waals surface area contributed by atoms with Crippen LogP contribution in [0.4, 0.5) is 15.8 Å². The van der Waals surface area contributed by atoms with Crippen LogP contribution in [-0.2, 0) is 4.79 Å². The fraction of sp³-hybridized carbons (Fsp3) is 0.158. The number of halogens is 1. The highest BCUT2D eigenvalue weighted by Crippen LogP contribution is 2.31. The van der Waals surface area contributed by atoms with Gasteiger partial charge < -0.3 is 15.1 Å². The van der Waals surface area contributed by atoms with E-state index in [1.54, 1.807) is 44.2 Å². The van der Waals surface area contributed by atoms with Gasteiger partial charge in [-0.2, -0.15) is 0 Å². The van der Waals surface area contributed by atoms with E-state index in [2.05, 4.69) is 10.6 Å². The molecule has 0 aliphatic heterocycles. The van der Waals surface area contributed by atoms with Crippen molar-refractivity contribution in [2.24, 2.45) is 5.92 Å². The summed E-state index contributed by atoms with van der Waals surface area (Å²) in [5, 5.41) is 5.95. The molecular formula is C19H17FN2O3. The van der Waals surface area contributed by atoms with Crippen LogP contribution in [0.25, 0.3) is 11.0 Å². The Labute approximate surface area is 143 Å². The van der Waals surface area contributed by atoms with Crippen molar-refractivity contribution in [2.75, 3.05) is 10.6 Å². The number of furan rings is 1. The molecule has 3 rings (SSSR count). The topological polar surface area (TPSA) is 71.3 Å². The first-order valence-electron chi connectivity index (χ1n) is 7.85. The van der Waals surface area contributed by atoms with Crippen LogP contribution < -0.4 is 10.6 Å². The largest absolute Gasteiger partial charge is 0.449 e. The van der Waals surface area contributed by atoms with Gasteiger partial charge in [-0.25, -0.2) is 4.39 Å². The molecule has 3 aromatic rings. The highest BCUT2D eigenvalue weighted by Gasteiger charge is 2.23. The third-order valence-electron chi connectivity index (χ3n) is 3.66. The Morgan fingerprint density at radius 3 is 2.52 bits per heavy atom. The number of hydrogen-bond acceptors (Lipinski definition) is 3. The number of benzene rings is 2. The normalized spacial score (nSPS) is 10.9. The summed E-state index contributed by atoms with van der Waals surface area (Å²) in [6.45, 7) is 3.51. The van der Waals surface area contributed by atoms with Crippen molar-refractivity contribution < 1.29 is 18.4 Å². The highest BCUT2D eigenvalue weighted by atomic mass is 19.1. The maximum Gasteiger partial charge on any atom is 0.293 e. The number of amides is 2. The Morgan fingerprint density at radius 2 is 1.80 bits per heavy atom. The molecule has 6 heteroatoms. The minimum Gasteiger partial charge on any atom is -0.449 e. The van der Waals surface area contributed by atoms with E-state index in [0.717, 1.165) is 0 Å². The first kappa shape index (κ1) is 16.7. The lowest BCUT2D eigenvalue weighted by Gasteiger charge is -2.09. The Bertz CT molecular complexity index is 947. The summed E-state index contributed by atoms with van der Waals surface area (Å²) in [6.07, 6.45) is 0. The van der Waals surface area contributed by atoms with Crippen LogP contribution in [0.1, 0.15) is 24.4 Å². The molecule has 2 N–H and O–H groups in total. The molecule has 0 fully saturated rings. The van der Waals surface area contributed by atoms with E-state index in [4.69, 9.17) is 4.42 Å². The summed E-state index contributed by atoms with van der Waals surface area (Å²) in [5.41, 5.74) is 1.08. The zero-order chi connectivity index (χ0) is 18.0. The average molecular weight is 340 g/mol. The number of carbonyl (C=O) groups is 2.